The fourth-order valence-electron chi connectivity index (χ4n) is 4.42. The second-order valence-electron chi connectivity index (χ2n) is 7.95. The molecule has 0 aliphatic carbocycles. The van der Waals surface area contributed by atoms with E-state index in [0.29, 0.717) is 0 Å². The Morgan fingerprint density at radius 2 is 2.00 bits per heavy atom. The van der Waals surface area contributed by atoms with Crippen molar-refractivity contribution in [2.45, 2.75) is 26.4 Å². The zero-order valence-electron chi connectivity index (χ0n) is 17.7. The predicted octanol–water partition coefficient (Wildman–Crippen LogP) is 2.72. The first-order chi connectivity index (χ1) is 14.6. The first kappa shape index (κ1) is 18.9. The fraction of sp³-hybridized carbons (Fsp3) is 0.391. The molecule has 30 heavy (non-hydrogen) atoms. The van der Waals surface area contributed by atoms with Gasteiger partial charge in [0.1, 0.15) is 11.4 Å². The number of pyridine rings is 1. The highest BCUT2D eigenvalue weighted by molar-refractivity contribution is 6.00. The Labute approximate surface area is 176 Å². The molecule has 5 rings (SSSR count). The molecular formula is C23H27N5O2. The van der Waals surface area contributed by atoms with Crippen molar-refractivity contribution in [3.05, 3.63) is 42.2 Å². The van der Waals surface area contributed by atoms with Crippen LogP contribution in [0.1, 0.15) is 19.5 Å². The Kier molecular flexibility index (Phi) is 4.62. The van der Waals surface area contributed by atoms with Gasteiger partial charge < -0.3 is 24.3 Å². The average Bonchev–Trinajstić information content (AvgIpc) is 3.16. The van der Waals surface area contributed by atoms with Crippen molar-refractivity contribution in [2.75, 3.05) is 43.0 Å². The third-order valence-electron chi connectivity index (χ3n) is 6.09. The van der Waals surface area contributed by atoms with E-state index in [1.807, 2.05) is 18.2 Å². The summed E-state index contributed by atoms with van der Waals surface area (Å²) in [7, 11) is 1.80. The highest BCUT2D eigenvalue weighted by atomic mass is 16.5. The monoisotopic (exact) mass is 405 g/mol. The van der Waals surface area contributed by atoms with Crippen LogP contribution in [0.15, 0.2) is 36.5 Å². The second-order valence-corrected chi connectivity index (χ2v) is 7.95. The zero-order chi connectivity index (χ0) is 20.8. The van der Waals surface area contributed by atoms with Crippen LogP contribution in [0.25, 0.3) is 16.9 Å². The van der Waals surface area contributed by atoms with Crippen molar-refractivity contribution < 1.29 is 9.53 Å². The number of piperazine rings is 1. The summed E-state index contributed by atoms with van der Waals surface area (Å²) < 4.78 is 7.98. The van der Waals surface area contributed by atoms with E-state index in [1.165, 1.54) is 11.4 Å². The number of carbonyl (C=O) groups excluding carboxylic acids is 1. The number of carbonyl (C=O) groups is 1. The maximum absolute atomic E-state index is 12.4. The van der Waals surface area contributed by atoms with Crippen molar-refractivity contribution in [2.24, 2.45) is 0 Å². The molecule has 2 aliphatic rings. The van der Waals surface area contributed by atoms with Crippen LogP contribution in [0.5, 0.6) is 5.75 Å². The normalized spacial score (nSPS) is 19.2. The van der Waals surface area contributed by atoms with Crippen LogP contribution in [0.4, 0.5) is 11.4 Å². The molecule has 0 saturated carbocycles. The second kappa shape index (κ2) is 7.32. The Morgan fingerprint density at radius 3 is 2.77 bits per heavy atom. The number of hydrogen-bond donors (Lipinski definition) is 1. The van der Waals surface area contributed by atoms with E-state index >= 15 is 0 Å². The first-order valence-corrected chi connectivity index (χ1v) is 10.6. The molecule has 3 aromatic rings. The summed E-state index contributed by atoms with van der Waals surface area (Å²) in [5.74, 6) is 0.696. The van der Waals surface area contributed by atoms with Crippen LogP contribution in [-0.2, 0) is 11.2 Å². The summed E-state index contributed by atoms with van der Waals surface area (Å²) in [4.78, 5) is 21.4. The quantitative estimate of drug-likeness (QED) is 0.726. The van der Waals surface area contributed by atoms with Crippen LogP contribution in [0.3, 0.4) is 0 Å². The van der Waals surface area contributed by atoms with Crippen LogP contribution in [-0.4, -0.2) is 54.6 Å². The molecule has 1 amide bonds. The van der Waals surface area contributed by atoms with Crippen molar-refractivity contribution in [3.8, 4) is 17.0 Å². The molecule has 156 valence electrons. The number of nitrogens with one attached hydrogen (secondary N) is 1. The highest BCUT2D eigenvalue weighted by Gasteiger charge is 2.29. The summed E-state index contributed by atoms with van der Waals surface area (Å²) >= 11 is 0. The van der Waals surface area contributed by atoms with Crippen LogP contribution >= 0.6 is 0 Å². The van der Waals surface area contributed by atoms with E-state index in [0.717, 1.165) is 60.9 Å². The van der Waals surface area contributed by atoms with E-state index < -0.39 is 6.10 Å². The lowest BCUT2D eigenvalue weighted by Gasteiger charge is -2.30. The van der Waals surface area contributed by atoms with Crippen LogP contribution < -0.4 is 19.9 Å². The molecule has 0 bridgehead atoms. The Balaban J connectivity index is 1.58. The lowest BCUT2D eigenvalue weighted by molar-refractivity contribution is -0.125. The maximum Gasteiger partial charge on any atom is 0.267 e. The molecule has 1 N–H and O–H groups in total. The Morgan fingerprint density at radius 1 is 1.20 bits per heavy atom. The number of hydrogen-bond acceptors (Lipinski definition) is 5. The molecule has 7 heteroatoms. The highest BCUT2D eigenvalue weighted by Crippen LogP contribution is 2.37. The number of anilines is 2. The lowest BCUT2D eigenvalue weighted by Crippen LogP contribution is -2.43. The maximum atomic E-state index is 12.4. The number of aromatic nitrogens is 2. The van der Waals surface area contributed by atoms with Gasteiger partial charge in [-0.1, -0.05) is 6.92 Å². The van der Waals surface area contributed by atoms with Gasteiger partial charge in [0.05, 0.1) is 22.8 Å². The van der Waals surface area contributed by atoms with Crippen LogP contribution in [0.2, 0.25) is 0 Å². The molecule has 4 heterocycles. The topological polar surface area (TPSA) is 62.1 Å². The van der Waals surface area contributed by atoms with Crippen molar-refractivity contribution in [3.63, 3.8) is 0 Å². The number of imidazole rings is 1. The summed E-state index contributed by atoms with van der Waals surface area (Å²) in [6.07, 6.45) is 2.61. The Bertz CT molecular complexity index is 1120. The number of benzene rings is 1. The molecule has 1 aromatic carbocycles. The third-order valence-corrected chi connectivity index (χ3v) is 6.09. The molecule has 0 radical (unpaired) electrons. The largest absolute Gasteiger partial charge is 0.479 e. The van der Waals surface area contributed by atoms with Gasteiger partial charge in [-0.05, 0) is 43.7 Å². The minimum Gasteiger partial charge on any atom is -0.479 e. The Hall–Kier alpha value is -3.06. The molecule has 1 fully saturated rings. The minimum absolute atomic E-state index is 0.0361. The summed E-state index contributed by atoms with van der Waals surface area (Å²) in [5.41, 5.74) is 6.07. The number of nitrogens with zero attached hydrogens (tertiary/aromatic N) is 4. The van der Waals surface area contributed by atoms with Gasteiger partial charge in [0.2, 0.25) is 0 Å². The third kappa shape index (κ3) is 3.01. The van der Waals surface area contributed by atoms with E-state index in [2.05, 4.69) is 39.9 Å². The van der Waals surface area contributed by atoms with E-state index in [1.54, 1.807) is 18.9 Å². The first-order valence-electron chi connectivity index (χ1n) is 10.6. The predicted molar refractivity (Wildman–Crippen MR) is 119 cm³/mol. The smallest absolute Gasteiger partial charge is 0.267 e. The van der Waals surface area contributed by atoms with Gasteiger partial charge in [0.25, 0.3) is 5.91 Å². The van der Waals surface area contributed by atoms with Crippen molar-refractivity contribution in [1.29, 1.82) is 0 Å². The van der Waals surface area contributed by atoms with Gasteiger partial charge in [0, 0.05) is 45.0 Å². The number of amides is 1. The lowest BCUT2D eigenvalue weighted by atomic mass is 10.1. The number of ether oxygens (including phenoxy) is 1. The molecule has 0 spiro atoms. The number of likely N-dealkylation sites (N-methyl/N-ethyl adjacent to an activating group) is 1. The van der Waals surface area contributed by atoms with Crippen molar-refractivity contribution >= 4 is 22.9 Å². The summed E-state index contributed by atoms with van der Waals surface area (Å²) in [5, 5.41) is 3.41. The van der Waals surface area contributed by atoms with Gasteiger partial charge in [0.15, 0.2) is 6.10 Å². The molecule has 1 unspecified atom stereocenters. The van der Waals surface area contributed by atoms with Crippen LogP contribution in [0, 0.1) is 0 Å². The van der Waals surface area contributed by atoms with Gasteiger partial charge in [-0.3, -0.25) is 4.79 Å². The zero-order valence-corrected chi connectivity index (χ0v) is 17.7. The van der Waals surface area contributed by atoms with Gasteiger partial charge in [-0.2, -0.15) is 0 Å². The van der Waals surface area contributed by atoms with Gasteiger partial charge >= 0.3 is 0 Å². The molecule has 2 aromatic heterocycles. The SMILES string of the molecule is CCc1c(-c2ccc3c(c2)N(C)C(=O)C(C)O3)nc2ccc(N3CCNCC3)cn12. The minimum atomic E-state index is -0.460. The summed E-state index contributed by atoms with van der Waals surface area (Å²) in [6, 6.07) is 10.2. The summed E-state index contributed by atoms with van der Waals surface area (Å²) in [6.45, 7) is 7.98. The molecule has 7 nitrogen and oxygen atoms in total. The molecule has 1 atom stereocenters. The molecule has 1 saturated heterocycles. The van der Waals surface area contributed by atoms with E-state index in [9.17, 15) is 4.79 Å². The average molecular weight is 406 g/mol. The van der Waals surface area contributed by atoms with E-state index in [4.69, 9.17) is 9.72 Å². The molecular weight excluding hydrogens is 378 g/mol. The molecule has 2 aliphatic heterocycles. The van der Waals surface area contributed by atoms with Crippen molar-refractivity contribution in [1.82, 2.24) is 14.7 Å². The fourth-order valence-corrected chi connectivity index (χ4v) is 4.42. The number of aryl methyl sites for hydroxylation is 1. The van der Waals surface area contributed by atoms with Gasteiger partial charge in [-0.15, -0.1) is 0 Å². The number of rotatable bonds is 3. The van der Waals surface area contributed by atoms with E-state index in [-0.39, 0.29) is 5.91 Å². The van der Waals surface area contributed by atoms with Gasteiger partial charge in [-0.25, -0.2) is 4.98 Å². The number of fused-ring (bicyclic) bond motifs is 2. The standard InChI is InChI=1S/C23H27N5O2/c1-4-18-22(16-5-7-20-19(13-16)26(3)23(29)15(2)30-20)25-21-8-6-17(14-28(18)21)27-11-9-24-10-12-27/h5-8,13-15,24H,4,9-12H2,1-3H3.